The number of nitrogens with zero attached hydrogens (tertiary/aromatic N) is 2. The van der Waals surface area contributed by atoms with Gasteiger partial charge in [-0.3, -0.25) is 0 Å². The van der Waals surface area contributed by atoms with Crippen LogP contribution >= 0.6 is 0 Å². The van der Waals surface area contributed by atoms with Crippen molar-refractivity contribution in [2.75, 3.05) is 68.6 Å². The van der Waals surface area contributed by atoms with Crippen molar-refractivity contribution in [3.05, 3.63) is 0 Å². The van der Waals surface area contributed by atoms with Gasteiger partial charge in [-0.05, 0) is 0 Å². The van der Waals surface area contributed by atoms with Gasteiger partial charge in [0.25, 0.3) is 0 Å². The predicted octanol–water partition coefficient (Wildman–Crippen LogP) is -3.80. The summed E-state index contributed by atoms with van der Waals surface area (Å²) in [6, 6.07) is 0. The summed E-state index contributed by atoms with van der Waals surface area (Å²) in [7, 11) is 12.3. The normalized spacial score (nSPS) is 10.5. The SMILES string of the molecule is C[N+](C)(C)CCO.C[N+](C)(C)CCO.[Cl-].[OH-]. The zero-order valence-corrected chi connectivity index (χ0v) is 12.2. The minimum atomic E-state index is 0. The Morgan fingerprint density at radius 3 is 0.875 bits per heavy atom. The predicted molar refractivity (Wildman–Crippen MR) is 61.9 cm³/mol. The summed E-state index contributed by atoms with van der Waals surface area (Å²) in [5.41, 5.74) is 0. The Kier molecular flexibility index (Phi) is 18.1. The van der Waals surface area contributed by atoms with Crippen LogP contribution in [-0.2, 0) is 0 Å². The summed E-state index contributed by atoms with van der Waals surface area (Å²) in [6.45, 7) is 2.23. The number of hydrogen-bond donors (Lipinski definition) is 2. The van der Waals surface area contributed by atoms with E-state index in [4.69, 9.17) is 10.2 Å². The molecule has 5 nitrogen and oxygen atoms in total. The first kappa shape index (κ1) is 25.1. The highest BCUT2D eigenvalue weighted by atomic mass is 35.5. The molecule has 0 aromatic rings. The van der Waals surface area contributed by atoms with E-state index in [1.165, 1.54) is 0 Å². The van der Waals surface area contributed by atoms with Crippen molar-refractivity contribution >= 4 is 0 Å². The maximum Gasteiger partial charge on any atom is 0.101 e. The fraction of sp³-hybridized carbons (Fsp3) is 1.00. The van der Waals surface area contributed by atoms with Crippen molar-refractivity contribution in [3.63, 3.8) is 0 Å². The summed E-state index contributed by atoms with van der Waals surface area (Å²) in [6.07, 6.45) is 0. The molecule has 0 amide bonds. The summed E-state index contributed by atoms with van der Waals surface area (Å²) in [4.78, 5) is 0. The lowest BCUT2D eigenvalue weighted by Gasteiger charge is -2.21. The molecule has 0 saturated heterocycles. The van der Waals surface area contributed by atoms with Gasteiger partial charge in [0.2, 0.25) is 0 Å². The maximum absolute atomic E-state index is 8.39. The molecule has 16 heavy (non-hydrogen) atoms. The second-order valence-electron chi connectivity index (χ2n) is 5.48. The van der Waals surface area contributed by atoms with Crippen LogP contribution in [0, 0.1) is 0 Å². The average molecular weight is 261 g/mol. The second kappa shape index (κ2) is 11.6. The van der Waals surface area contributed by atoms with Crippen molar-refractivity contribution in [1.82, 2.24) is 0 Å². The van der Waals surface area contributed by atoms with Gasteiger partial charge in [0.1, 0.15) is 13.1 Å². The van der Waals surface area contributed by atoms with Crippen LogP contribution in [0.25, 0.3) is 0 Å². The number of aliphatic hydroxyl groups excluding tert-OH is 2. The molecule has 0 bridgehead atoms. The van der Waals surface area contributed by atoms with Gasteiger partial charge in [-0.1, -0.05) is 0 Å². The first-order chi connectivity index (χ1) is 6.12. The van der Waals surface area contributed by atoms with E-state index in [1.807, 2.05) is 0 Å². The molecule has 0 unspecified atom stereocenters. The van der Waals surface area contributed by atoms with Gasteiger partial charge in [-0.2, -0.15) is 0 Å². The smallest absolute Gasteiger partial charge is 0.101 e. The molecule has 0 radical (unpaired) electrons. The molecule has 0 rings (SSSR count). The molecule has 0 spiro atoms. The number of quaternary nitrogens is 2. The molecule has 0 aliphatic heterocycles. The zero-order valence-electron chi connectivity index (χ0n) is 11.4. The van der Waals surface area contributed by atoms with E-state index >= 15 is 0 Å². The van der Waals surface area contributed by atoms with Crippen LogP contribution in [-0.4, -0.2) is 93.2 Å². The van der Waals surface area contributed by atoms with E-state index in [9.17, 15) is 0 Å². The summed E-state index contributed by atoms with van der Waals surface area (Å²) in [5, 5.41) is 16.8. The highest BCUT2D eigenvalue weighted by molar-refractivity contribution is 4.19. The molecule has 6 heteroatoms. The monoisotopic (exact) mass is 260 g/mol. The summed E-state index contributed by atoms with van der Waals surface area (Å²) >= 11 is 0. The first-order valence-corrected chi connectivity index (χ1v) is 4.95. The standard InChI is InChI=1S/2C5H14NO.ClH.H2O/c2*1-6(2,3)4-5-7;;/h2*7H,4-5H2,1-3H3;1H;1H2/q2*+1;;/p-2. The Balaban J connectivity index is -0.0000000800. The van der Waals surface area contributed by atoms with Crippen molar-refractivity contribution in [2.45, 2.75) is 0 Å². The quantitative estimate of drug-likeness (QED) is 0.510. The topological polar surface area (TPSA) is 70.5 Å². The van der Waals surface area contributed by atoms with Gasteiger partial charge >= 0.3 is 0 Å². The number of aliphatic hydroxyl groups is 2. The lowest BCUT2D eigenvalue weighted by molar-refractivity contribution is -0.870. The molecule has 0 atom stereocenters. The van der Waals surface area contributed by atoms with Gasteiger partial charge in [0.05, 0.1) is 55.5 Å². The Bertz CT molecular complexity index is 117. The molecule has 0 aromatic heterocycles. The van der Waals surface area contributed by atoms with Crippen LogP contribution in [0.1, 0.15) is 0 Å². The zero-order chi connectivity index (χ0) is 11.8. The molecular weight excluding hydrogens is 232 g/mol. The Labute approximate surface area is 106 Å². The van der Waals surface area contributed by atoms with E-state index in [2.05, 4.69) is 42.3 Å². The first-order valence-electron chi connectivity index (χ1n) is 4.95. The summed E-state index contributed by atoms with van der Waals surface area (Å²) in [5.74, 6) is 0. The van der Waals surface area contributed by atoms with Crippen LogP contribution in [0.5, 0.6) is 0 Å². The van der Waals surface area contributed by atoms with Crippen LogP contribution in [0.2, 0.25) is 0 Å². The molecule has 0 aliphatic carbocycles. The van der Waals surface area contributed by atoms with E-state index in [-0.39, 0.29) is 31.1 Å². The van der Waals surface area contributed by atoms with Crippen molar-refractivity contribution < 1.29 is 37.1 Å². The molecule has 0 heterocycles. The van der Waals surface area contributed by atoms with E-state index in [0.29, 0.717) is 0 Å². The highest BCUT2D eigenvalue weighted by Gasteiger charge is 2.02. The Morgan fingerprint density at radius 1 is 0.688 bits per heavy atom. The van der Waals surface area contributed by atoms with E-state index in [1.54, 1.807) is 0 Å². The number of halogens is 1. The summed E-state index contributed by atoms with van der Waals surface area (Å²) < 4.78 is 1.69. The van der Waals surface area contributed by atoms with Gasteiger partial charge in [0, 0.05) is 0 Å². The lowest BCUT2D eigenvalue weighted by atomic mass is 10.5. The molecule has 0 aromatic carbocycles. The molecule has 0 aliphatic rings. The van der Waals surface area contributed by atoms with Crippen LogP contribution in [0.4, 0.5) is 0 Å². The van der Waals surface area contributed by atoms with Gasteiger partial charge < -0.3 is 37.1 Å². The van der Waals surface area contributed by atoms with Gasteiger partial charge in [-0.25, -0.2) is 0 Å². The van der Waals surface area contributed by atoms with Crippen LogP contribution in [0.3, 0.4) is 0 Å². The minimum Gasteiger partial charge on any atom is -1.00 e. The third-order valence-corrected chi connectivity index (χ3v) is 1.54. The van der Waals surface area contributed by atoms with Gasteiger partial charge in [-0.15, -0.1) is 0 Å². The van der Waals surface area contributed by atoms with Crippen molar-refractivity contribution in [1.29, 1.82) is 0 Å². The van der Waals surface area contributed by atoms with Gasteiger partial charge in [0.15, 0.2) is 0 Å². The lowest BCUT2D eigenvalue weighted by Crippen LogP contribution is -3.00. The molecule has 3 N–H and O–H groups in total. The molecule has 0 fully saturated rings. The number of likely N-dealkylation sites (N-methyl/N-ethyl adjacent to an activating group) is 2. The third kappa shape index (κ3) is 36.9. The fourth-order valence-electron chi connectivity index (χ4n) is 0.600. The minimum absolute atomic E-state index is 0. The molecule has 0 saturated carbocycles. The third-order valence-electron chi connectivity index (χ3n) is 1.54. The van der Waals surface area contributed by atoms with Crippen LogP contribution < -0.4 is 12.4 Å². The van der Waals surface area contributed by atoms with Crippen molar-refractivity contribution in [2.24, 2.45) is 0 Å². The van der Waals surface area contributed by atoms with Crippen LogP contribution in [0.15, 0.2) is 0 Å². The Morgan fingerprint density at radius 2 is 0.875 bits per heavy atom. The second-order valence-corrected chi connectivity index (χ2v) is 5.48. The number of rotatable bonds is 4. The number of hydrogen-bond acceptors (Lipinski definition) is 3. The molecule has 104 valence electrons. The van der Waals surface area contributed by atoms with E-state index in [0.717, 1.165) is 22.1 Å². The Hall–Kier alpha value is 0.0900. The highest BCUT2D eigenvalue weighted by Crippen LogP contribution is 1.85. The maximum atomic E-state index is 8.39. The fourth-order valence-corrected chi connectivity index (χ4v) is 0.600. The van der Waals surface area contributed by atoms with Crippen molar-refractivity contribution in [3.8, 4) is 0 Å². The molecular formula is C10H29ClN2O3. The van der Waals surface area contributed by atoms with E-state index < -0.39 is 0 Å². The average Bonchev–Trinajstić information content (AvgIpc) is 1.81. The largest absolute Gasteiger partial charge is 1.00 e.